The van der Waals surface area contributed by atoms with Crippen LogP contribution in [-0.2, 0) is 0 Å². The highest BCUT2D eigenvalue weighted by molar-refractivity contribution is 5.77. The summed E-state index contributed by atoms with van der Waals surface area (Å²) in [5.74, 6) is 2.05. The lowest BCUT2D eigenvalue weighted by Crippen LogP contribution is -2.34. The standard InChI is InChI=1S/C15H21NO4/c1-16-6-5-10(7-14(16)17)15-12(19-3)8-11(18-2)9-13(15)20-4/h5,8-9,14,17H,6-7H2,1-4H3/t14-/m0/s1. The number of hydrogen-bond acceptors (Lipinski definition) is 5. The molecule has 0 aliphatic carbocycles. The summed E-state index contributed by atoms with van der Waals surface area (Å²) in [6, 6.07) is 3.65. The highest BCUT2D eigenvalue weighted by Crippen LogP contribution is 2.41. The SMILES string of the molecule is COc1cc(OC)c(C2=CCN(C)[C@@H](O)C2)c(OC)c1. The van der Waals surface area contributed by atoms with Crippen LogP contribution in [-0.4, -0.2) is 51.2 Å². The molecule has 1 aliphatic rings. The van der Waals surface area contributed by atoms with Crippen LogP contribution in [0.25, 0.3) is 5.57 Å². The number of benzene rings is 1. The minimum absolute atomic E-state index is 0.494. The van der Waals surface area contributed by atoms with Crippen LogP contribution in [0.1, 0.15) is 12.0 Å². The van der Waals surface area contributed by atoms with Crippen LogP contribution >= 0.6 is 0 Å². The first-order valence-corrected chi connectivity index (χ1v) is 6.48. The Morgan fingerprint density at radius 1 is 1.10 bits per heavy atom. The maximum Gasteiger partial charge on any atom is 0.133 e. The van der Waals surface area contributed by atoms with E-state index >= 15 is 0 Å². The number of rotatable bonds is 4. The first-order valence-electron chi connectivity index (χ1n) is 6.48. The highest BCUT2D eigenvalue weighted by Gasteiger charge is 2.24. The Hall–Kier alpha value is -1.72. The van der Waals surface area contributed by atoms with E-state index in [1.54, 1.807) is 21.3 Å². The zero-order valence-corrected chi connectivity index (χ0v) is 12.3. The number of aliphatic hydroxyl groups excluding tert-OH is 1. The smallest absolute Gasteiger partial charge is 0.133 e. The molecule has 1 atom stereocenters. The van der Waals surface area contributed by atoms with Crippen LogP contribution in [0.15, 0.2) is 18.2 Å². The summed E-state index contributed by atoms with van der Waals surface area (Å²) in [5.41, 5.74) is 1.90. The molecular formula is C15H21NO4. The van der Waals surface area contributed by atoms with Gasteiger partial charge in [-0.05, 0) is 12.6 Å². The third kappa shape index (κ3) is 2.73. The van der Waals surface area contributed by atoms with E-state index < -0.39 is 6.23 Å². The molecule has 0 amide bonds. The van der Waals surface area contributed by atoms with Crippen LogP contribution in [0, 0.1) is 0 Å². The fourth-order valence-corrected chi connectivity index (χ4v) is 2.34. The Labute approximate surface area is 119 Å². The molecule has 0 aromatic heterocycles. The van der Waals surface area contributed by atoms with E-state index in [1.165, 1.54) is 0 Å². The van der Waals surface area contributed by atoms with Crippen molar-refractivity contribution in [2.45, 2.75) is 12.6 Å². The van der Waals surface area contributed by atoms with Gasteiger partial charge in [-0.15, -0.1) is 0 Å². The maximum atomic E-state index is 10.0. The van der Waals surface area contributed by atoms with Crippen LogP contribution in [0.5, 0.6) is 17.2 Å². The molecule has 1 aromatic rings. The minimum atomic E-state index is -0.494. The Kier molecular flexibility index (Phi) is 4.52. The summed E-state index contributed by atoms with van der Waals surface area (Å²) in [4.78, 5) is 1.88. The number of nitrogens with zero attached hydrogens (tertiary/aromatic N) is 1. The van der Waals surface area contributed by atoms with E-state index in [0.717, 1.165) is 11.1 Å². The normalized spacial score (nSPS) is 19.4. The second-order valence-electron chi connectivity index (χ2n) is 4.76. The van der Waals surface area contributed by atoms with Crippen molar-refractivity contribution in [1.82, 2.24) is 4.90 Å². The summed E-state index contributed by atoms with van der Waals surface area (Å²) < 4.78 is 16.1. The second-order valence-corrected chi connectivity index (χ2v) is 4.76. The quantitative estimate of drug-likeness (QED) is 0.910. The van der Waals surface area contributed by atoms with E-state index in [1.807, 2.05) is 24.1 Å². The van der Waals surface area contributed by atoms with E-state index in [9.17, 15) is 5.11 Å². The van der Waals surface area contributed by atoms with Gasteiger partial charge in [0, 0.05) is 25.1 Å². The fourth-order valence-electron chi connectivity index (χ4n) is 2.34. The van der Waals surface area contributed by atoms with Crippen molar-refractivity contribution in [2.24, 2.45) is 0 Å². The molecule has 0 radical (unpaired) electrons. The van der Waals surface area contributed by atoms with Gasteiger partial charge in [-0.1, -0.05) is 6.08 Å². The monoisotopic (exact) mass is 279 g/mol. The summed E-state index contributed by atoms with van der Waals surface area (Å²) in [6.07, 6.45) is 2.13. The molecule has 0 saturated carbocycles. The van der Waals surface area contributed by atoms with Crippen molar-refractivity contribution >= 4 is 5.57 Å². The lowest BCUT2D eigenvalue weighted by molar-refractivity contribution is 0.0303. The number of likely N-dealkylation sites (N-methyl/N-ethyl adjacent to an activating group) is 1. The van der Waals surface area contributed by atoms with Gasteiger partial charge in [0.05, 0.1) is 26.9 Å². The Balaban J connectivity index is 2.49. The van der Waals surface area contributed by atoms with Gasteiger partial charge in [0.2, 0.25) is 0 Å². The molecule has 0 spiro atoms. The topological polar surface area (TPSA) is 51.2 Å². The first kappa shape index (κ1) is 14.7. The lowest BCUT2D eigenvalue weighted by Gasteiger charge is -2.29. The van der Waals surface area contributed by atoms with Gasteiger partial charge in [0.1, 0.15) is 23.5 Å². The zero-order chi connectivity index (χ0) is 14.7. The van der Waals surface area contributed by atoms with Crippen molar-refractivity contribution in [1.29, 1.82) is 0 Å². The van der Waals surface area contributed by atoms with Gasteiger partial charge in [-0.2, -0.15) is 0 Å². The van der Waals surface area contributed by atoms with Gasteiger partial charge in [0.25, 0.3) is 0 Å². The zero-order valence-electron chi connectivity index (χ0n) is 12.3. The van der Waals surface area contributed by atoms with Crippen molar-refractivity contribution in [3.63, 3.8) is 0 Å². The predicted octanol–water partition coefficient (Wildman–Crippen LogP) is 1.75. The van der Waals surface area contributed by atoms with E-state index in [0.29, 0.717) is 30.2 Å². The number of hydrogen-bond donors (Lipinski definition) is 1. The number of ether oxygens (including phenoxy) is 3. The van der Waals surface area contributed by atoms with E-state index in [2.05, 4.69) is 6.08 Å². The molecule has 20 heavy (non-hydrogen) atoms. The largest absolute Gasteiger partial charge is 0.496 e. The van der Waals surface area contributed by atoms with E-state index in [4.69, 9.17) is 14.2 Å². The second kappa shape index (κ2) is 6.15. The van der Waals surface area contributed by atoms with Crippen molar-refractivity contribution < 1.29 is 19.3 Å². The molecule has 1 N–H and O–H groups in total. The lowest BCUT2D eigenvalue weighted by atomic mass is 9.96. The summed E-state index contributed by atoms with van der Waals surface area (Å²) in [7, 11) is 6.72. The molecule has 0 fully saturated rings. The third-order valence-corrected chi connectivity index (χ3v) is 3.57. The molecule has 0 unspecified atom stereocenters. The van der Waals surface area contributed by atoms with E-state index in [-0.39, 0.29) is 0 Å². The third-order valence-electron chi connectivity index (χ3n) is 3.57. The molecule has 5 nitrogen and oxygen atoms in total. The van der Waals surface area contributed by atoms with Gasteiger partial charge in [0.15, 0.2) is 0 Å². The van der Waals surface area contributed by atoms with Crippen LogP contribution < -0.4 is 14.2 Å². The molecule has 1 aliphatic heterocycles. The van der Waals surface area contributed by atoms with Gasteiger partial charge in [-0.3, -0.25) is 4.90 Å². The molecule has 1 aromatic carbocycles. The molecule has 110 valence electrons. The average molecular weight is 279 g/mol. The molecule has 5 heteroatoms. The van der Waals surface area contributed by atoms with Crippen LogP contribution in [0.2, 0.25) is 0 Å². The molecular weight excluding hydrogens is 258 g/mol. The van der Waals surface area contributed by atoms with Crippen molar-refractivity contribution in [3.05, 3.63) is 23.8 Å². The number of aliphatic hydroxyl groups is 1. The minimum Gasteiger partial charge on any atom is -0.496 e. The highest BCUT2D eigenvalue weighted by atomic mass is 16.5. The van der Waals surface area contributed by atoms with Gasteiger partial charge in [-0.25, -0.2) is 0 Å². The summed E-state index contributed by atoms with van der Waals surface area (Å²) in [6.45, 7) is 0.689. The maximum absolute atomic E-state index is 10.0. The van der Waals surface area contributed by atoms with Crippen LogP contribution in [0.4, 0.5) is 0 Å². The van der Waals surface area contributed by atoms with Crippen molar-refractivity contribution in [3.8, 4) is 17.2 Å². The molecule has 0 bridgehead atoms. The van der Waals surface area contributed by atoms with Crippen molar-refractivity contribution in [2.75, 3.05) is 34.9 Å². The molecule has 2 rings (SSSR count). The van der Waals surface area contributed by atoms with Crippen LogP contribution in [0.3, 0.4) is 0 Å². The average Bonchev–Trinajstić information content (AvgIpc) is 2.48. The Morgan fingerprint density at radius 3 is 2.15 bits per heavy atom. The molecule has 1 heterocycles. The first-order chi connectivity index (χ1) is 9.60. The Bertz CT molecular complexity index is 488. The Morgan fingerprint density at radius 2 is 1.70 bits per heavy atom. The van der Waals surface area contributed by atoms with Gasteiger partial charge < -0.3 is 19.3 Å². The van der Waals surface area contributed by atoms with Gasteiger partial charge >= 0.3 is 0 Å². The molecule has 0 saturated heterocycles. The predicted molar refractivity (Wildman–Crippen MR) is 77.3 cm³/mol. The number of methoxy groups -OCH3 is 3. The fraction of sp³-hybridized carbons (Fsp3) is 0.467. The summed E-state index contributed by atoms with van der Waals surface area (Å²) in [5, 5.41) is 10.0. The summed E-state index contributed by atoms with van der Waals surface area (Å²) >= 11 is 0.